The summed E-state index contributed by atoms with van der Waals surface area (Å²) in [4.78, 5) is 51.9. The van der Waals surface area contributed by atoms with Gasteiger partial charge in [0.2, 0.25) is 17.7 Å². The highest BCUT2D eigenvalue weighted by atomic mass is 19.4. The van der Waals surface area contributed by atoms with Gasteiger partial charge in [-0.25, -0.2) is 4.79 Å². The smallest absolute Gasteiger partial charge is 0.475 e. The summed E-state index contributed by atoms with van der Waals surface area (Å²) in [5.41, 5.74) is 0.482. The van der Waals surface area contributed by atoms with Crippen molar-refractivity contribution in [1.82, 2.24) is 15.1 Å². The second-order valence-corrected chi connectivity index (χ2v) is 10.6. The Morgan fingerprint density at radius 1 is 0.976 bits per heavy atom. The Morgan fingerprint density at radius 3 is 2.07 bits per heavy atom. The van der Waals surface area contributed by atoms with Gasteiger partial charge in [0, 0.05) is 26.2 Å². The van der Waals surface area contributed by atoms with Crippen LogP contribution in [0, 0.1) is 18.8 Å². The molecule has 3 aliphatic rings. The van der Waals surface area contributed by atoms with Crippen molar-refractivity contribution in [2.75, 3.05) is 13.6 Å². The average molecular weight is 600 g/mol. The van der Waals surface area contributed by atoms with Crippen LogP contribution in [0.15, 0.2) is 48.5 Å². The van der Waals surface area contributed by atoms with E-state index in [4.69, 9.17) is 9.90 Å². The van der Waals surface area contributed by atoms with Gasteiger partial charge in [0.05, 0.1) is 17.4 Å². The maximum Gasteiger partial charge on any atom is 0.490 e. The molecule has 0 aliphatic carbocycles. The summed E-state index contributed by atoms with van der Waals surface area (Å²) < 4.78 is 70.5. The molecule has 1 spiro atoms. The van der Waals surface area contributed by atoms with E-state index in [1.807, 2.05) is 31.2 Å². The van der Waals surface area contributed by atoms with Gasteiger partial charge in [-0.05, 0) is 43.0 Å². The summed E-state index contributed by atoms with van der Waals surface area (Å²) in [6.45, 7) is 2.51. The van der Waals surface area contributed by atoms with Crippen molar-refractivity contribution in [3.63, 3.8) is 0 Å². The maximum atomic E-state index is 13.9. The summed E-state index contributed by atoms with van der Waals surface area (Å²) in [5.74, 6) is -5.23. The minimum atomic E-state index is -5.08. The van der Waals surface area contributed by atoms with Crippen molar-refractivity contribution in [1.29, 1.82) is 0 Å². The van der Waals surface area contributed by atoms with E-state index in [1.54, 1.807) is 4.90 Å². The highest BCUT2D eigenvalue weighted by Crippen LogP contribution is 2.51. The van der Waals surface area contributed by atoms with Gasteiger partial charge in [-0.1, -0.05) is 42.0 Å². The quantitative estimate of drug-likeness (QED) is 0.407. The van der Waals surface area contributed by atoms with Crippen LogP contribution in [-0.4, -0.2) is 63.9 Å². The zero-order chi connectivity index (χ0) is 31.2. The van der Waals surface area contributed by atoms with Crippen LogP contribution in [0.4, 0.5) is 26.3 Å². The predicted molar refractivity (Wildman–Crippen MR) is 134 cm³/mol. The summed E-state index contributed by atoms with van der Waals surface area (Å²) in [6.07, 6.45) is -8.50. The first-order chi connectivity index (χ1) is 19.5. The number of piperidine rings is 1. The van der Waals surface area contributed by atoms with E-state index < -0.39 is 47.3 Å². The first-order valence-corrected chi connectivity index (χ1v) is 12.9. The van der Waals surface area contributed by atoms with Crippen LogP contribution >= 0.6 is 0 Å². The first-order valence-electron chi connectivity index (χ1n) is 12.9. The second kappa shape index (κ2) is 11.0. The van der Waals surface area contributed by atoms with Gasteiger partial charge in [-0.3, -0.25) is 24.6 Å². The van der Waals surface area contributed by atoms with Gasteiger partial charge in [-0.2, -0.15) is 26.3 Å². The van der Waals surface area contributed by atoms with Gasteiger partial charge in [0.25, 0.3) is 0 Å². The maximum absolute atomic E-state index is 13.9. The Balaban J connectivity index is 0.000000517. The molecule has 14 heteroatoms. The molecular formula is C28H27F6N3O5. The van der Waals surface area contributed by atoms with E-state index >= 15 is 0 Å². The Bertz CT molecular complexity index is 1380. The number of carboxylic acids is 1. The van der Waals surface area contributed by atoms with E-state index in [0.29, 0.717) is 24.9 Å². The van der Waals surface area contributed by atoms with E-state index in [1.165, 1.54) is 19.2 Å². The minimum Gasteiger partial charge on any atom is -0.475 e. The summed E-state index contributed by atoms with van der Waals surface area (Å²) >= 11 is 0. The van der Waals surface area contributed by atoms with Crippen molar-refractivity contribution < 1.29 is 50.6 Å². The minimum absolute atomic E-state index is 0.130. The summed E-state index contributed by atoms with van der Waals surface area (Å²) in [7, 11) is 1.45. The van der Waals surface area contributed by atoms with Crippen molar-refractivity contribution in [2.45, 2.75) is 50.2 Å². The number of hydrogen-bond acceptors (Lipinski definition) is 5. The van der Waals surface area contributed by atoms with Crippen LogP contribution in [0.5, 0.6) is 0 Å². The molecule has 0 saturated carbocycles. The number of amides is 3. The number of carbonyl (C=O) groups is 4. The number of benzene rings is 2. The van der Waals surface area contributed by atoms with Crippen molar-refractivity contribution >= 4 is 23.7 Å². The molecule has 0 radical (unpaired) electrons. The molecule has 2 N–H and O–H groups in total. The number of rotatable bonds is 3. The van der Waals surface area contributed by atoms with Gasteiger partial charge >= 0.3 is 18.3 Å². The number of aryl methyl sites for hydroxylation is 1. The van der Waals surface area contributed by atoms with Crippen LogP contribution in [0.25, 0.3) is 0 Å². The third kappa shape index (κ3) is 5.72. The van der Waals surface area contributed by atoms with Crippen LogP contribution in [0.1, 0.15) is 41.1 Å². The third-order valence-electron chi connectivity index (χ3n) is 7.88. The molecule has 0 bridgehead atoms. The zero-order valence-electron chi connectivity index (χ0n) is 22.4. The number of likely N-dealkylation sites (tertiary alicyclic amines) is 2. The summed E-state index contributed by atoms with van der Waals surface area (Å²) in [5, 5.41) is 10.5. The van der Waals surface area contributed by atoms with E-state index in [-0.39, 0.29) is 24.3 Å². The fourth-order valence-corrected chi connectivity index (χ4v) is 5.84. The van der Waals surface area contributed by atoms with Crippen LogP contribution in [0.3, 0.4) is 0 Å². The van der Waals surface area contributed by atoms with Gasteiger partial charge in [0.15, 0.2) is 0 Å². The number of alkyl halides is 6. The number of hydrogen-bond donors (Lipinski definition) is 2. The second-order valence-electron chi connectivity index (χ2n) is 10.6. The van der Waals surface area contributed by atoms with Crippen LogP contribution in [0.2, 0.25) is 0 Å². The third-order valence-corrected chi connectivity index (χ3v) is 7.88. The molecule has 5 rings (SSSR count). The van der Waals surface area contributed by atoms with Crippen LogP contribution in [-0.2, 0) is 31.9 Å². The monoisotopic (exact) mass is 599 g/mol. The molecule has 0 unspecified atom stereocenters. The number of halogens is 6. The molecule has 4 atom stereocenters. The Labute approximate surface area is 236 Å². The lowest BCUT2D eigenvalue weighted by molar-refractivity contribution is -0.192. The topological polar surface area (TPSA) is 107 Å². The fraction of sp³-hybridized carbons (Fsp3) is 0.429. The molecule has 3 fully saturated rings. The standard InChI is InChI=1S/C26H26F3N3O3.C2HF3O2/c1-15-4-8-17(9-5-15)21-19-20(23(34)31(2)22(19)33)25(30-21)12-3-13-32(24(25)35)14-16-6-10-18(11-7-16)26(27,28)29;3-2(4,5)1(6)7/h4-11,19-21,30H,3,12-14H2,1-2H3;(H,6,7)/t19-,20-,21-,25-;/m1./s1. The highest BCUT2D eigenvalue weighted by molar-refractivity contribution is 6.10. The molecule has 8 nitrogen and oxygen atoms in total. The number of fused-ring (bicyclic) bond motifs is 2. The van der Waals surface area contributed by atoms with E-state index in [0.717, 1.165) is 28.2 Å². The molecular weight excluding hydrogens is 572 g/mol. The van der Waals surface area contributed by atoms with Crippen molar-refractivity contribution in [3.8, 4) is 0 Å². The number of carboxylic acid groups (broad SMARTS) is 1. The van der Waals surface area contributed by atoms with Gasteiger partial charge in [-0.15, -0.1) is 0 Å². The molecule has 2 aromatic carbocycles. The number of nitrogens with one attached hydrogen (secondary N) is 1. The number of aliphatic carboxylic acids is 1. The van der Waals surface area contributed by atoms with Gasteiger partial charge in [0.1, 0.15) is 5.54 Å². The fourth-order valence-electron chi connectivity index (χ4n) is 5.84. The summed E-state index contributed by atoms with van der Waals surface area (Å²) in [6, 6.07) is 11.9. The van der Waals surface area contributed by atoms with E-state index in [2.05, 4.69) is 5.32 Å². The zero-order valence-corrected chi connectivity index (χ0v) is 22.4. The number of imide groups is 1. The lowest BCUT2D eigenvalue weighted by atomic mass is 9.74. The molecule has 42 heavy (non-hydrogen) atoms. The first kappa shape index (κ1) is 31.0. The molecule has 3 heterocycles. The molecule has 226 valence electrons. The van der Waals surface area contributed by atoms with E-state index in [9.17, 15) is 40.7 Å². The SMILES string of the molecule is Cc1ccc([C@H]2N[C@]3(CCCN(Cc4ccc(C(F)(F)F)cc4)C3=O)[C@H]3C(=O)N(C)C(=O)[C@@H]23)cc1.O=C(O)C(F)(F)F. The largest absolute Gasteiger partial charge is 0.490 e. The number of nitrogens with zero attached hydrogens (tertiary/aromatic N) is 2. The normalized spacial score (nSPS) is 25.9. The van der Waals surface area contributed by atoms with Crippen molar-refractivity contribution in [3.05, 3.63) is 70.8 Å². The highest BCUT2D eigenvalue weighted by Gasteiger charge is 2.68. The van der Waals surface area contributed by atoms with Crippen molar-refractivity contribution in [2.24, 2.45) is 11.8 Å². The lowest BCUT2D eigenvalue weighted by Gasteiger charge is -2.42. The van der Waals surface area contributed by atoms with Gasteiger partial charge < -0.3 is 10.0 Å². The lowest BCUT2D eigenvalue weighted by Crippen LogP contribution is -2.63. The molecule has 3 saturated heterocycles. The molecule has 3 amide bonds. The average Bonchev–Trinajstić information content (AvgIpc) is 3.36. The Kier molecular flexibility index (Phi) is 8.15. The Hall–Kier alpha value is -3.94. The molecule has 2 aromatic rings. The molecule has 3 aliphatic heterocycles. The number of carbonyl (C=O) groups excluding carboxylic acids is 3. The Morgan fingerprint density at radius 2 is 1.55 bits per heavy atom. The molecule has 0 aromatic heterocycles. The van der Waals surface area contributed by atoms with Crippen LogP contribution < -0.4 is 5.32 Å². The predicted octanol–water partition coefficient (Wildman–Crippen LogP) is 4.08.